The van der Waals surface area contributed by atoms with Gasteiger partial charge in [-0.2, -0.15) is 0 Å². The maximum Gasteiger partial charge on any atom is 0.170 e. The summed E-state index contributed by atoms with van der Waals surface area (Å²) in [5.41, 5.74) is 7.25. The summed E-state index contributed by atoms with van der Waals surface area (Å²) in [7, 11) is 0. The summed E-state index contributed by atoms with van der Waals surface area (Å²) in [4.78, 5) is 41.7. The molecule has 0 aromatic heterocycles. The fourth-order valence-electron chi connectivity index (χ4n) is 12.8. The Balaban J connectivity index is 0.000000136. The molecule has 89 heavy (non-hydrogen) atoms. The summed E-state index contributed by atoms with van der Waals surface area (Å²) < 4.78 is 18.9. The molecule has 0 unspecified atom stereocenters. The Hall–Kier alpha value is -6.25. The number of ketones is 3. The van der Waals surface area contributed by atoms with E-state index in [4.69, 9.17) is 65.7 Å². The van der Waals surface area contributed by atoms with Gasteiger partial charge in [-0.15, -0.1) is 0 Å². The van der Waals surface area contributed by atoms with Crippen LogP contribution in [0, 0.1) is 0 Å². The molecule has 7 heterocycles. The number of likely N-dealkylation sites (tertiary alicyclic amines) is 3. The molecular formula is C74H84Cl4N4O7. The third kappa shape index (κ3) is 18.9. The Morgan fingerprint density at radius 3 is 1.33 bits per heavy atom. The summed E-state index contributed by atoms with van der Waals surface area (Å²) in [6.07, 6.45) is 12.6. The highest BCUT2D eigenvalue weighted by molar-refractivity contribution is 6.32. The van der Waals surface area contributed by atoms with Gasteiger partial charge < -0.3 is 24.6 Å². The normalized spacial score (nSPS) is 18.7. The summed E-state index contributed by atoms with van der Waals surface area (Å²) in [5.74, 6) is 3.11. The fraction of sp³-hybridized carbons (Fsp3) is 0.392. The van der Waals surface area contributed by atoms with Crippen LogP contribution in [-0.4, -0.2) is 106 Å². The largest absolute Gasteiger partial charge is 0.507 e. The van der Waals surface area contributed by atoms with E-state index < -0.39 is 0 Å². The first-order valence-electron chi connectivity index (χ1n) is 31.1. The lowest BCUT2D eigenvalue weighted by Gasteiger charge is -2.44. The van der Waals surface area contributed by atoms with Crippen LogP contribution in [-0.2, 0) is 37.3 Å². The van der Waals surface area contributed by atoms with Crippen molar-refractivity contribution in [2.24, 2.45) is 0 Å². The number of ether oxygens (including phenoxy) is 3. The van der Waals surface area contributed by atoms with Gasteiger partial charge in [-0.25, -0.2) is 0 Å². The molecule has 4 fully saturated rings. The number of fused-ring (bicyclic) bond motifs is 3. The molecule has 15 heteroatoms. The van der Waals surface area contributed by atoms with Gasteiger partial charge in [0, 0.05) is 105 Å². The number of hydrogen-bond acceptors (Lipinski definition) is 11. The van der Waals surface area contributed by atoms with Crippen molar-refractivity contribution in [2.45, 2.75) is 134 Å². The number of rotatable bonds is 7. The van der Waals surface area contributed by atoms with Crippen LogP contribution in [0.15, 0.2) is 164 Å². The summed E-state index contributed by atoms with van der Waals surface area (Å²) >= 11 is 23.7. The van der Waals surface area contributed by atoms with E-state index in [-0.39, 0.29) is 47.1 Å². The summed E-state index contributed by atoms with van der Waals surface area (Å²) in [6.45, 7) is 12.5. The number of piperidine rings is 4. The van der Waals surface area contributed by atoms with Crippen LogP contribution in [0.25, 0.3) is 0 Å². The van der Waals surface area contributed by atoms with E-state index in [1.165, 1.54) is 52.9 Å². The highest BCUT2D eigenvalue weighted by Crippen LogP contribution is 2.43. The Morgan fingerprint density at radius 1 is 0.472 bits per heavy atom. The number of nitrogens with zero attached hydrogens (tertiary/aromatic N) is 3. The zero-order valence-corrected chi connectivity index (χ0v) is 53.3. The van der Waals surface area contributed by atoms with Gasteiger partial charge >= 0.3 is 0 Å². The molecule has 11 nitrogen and oxygen atoms in total. The van der Waals surface area contributed by atoms with Crippen molar-refractivity contribution in [1.29, 1.82) is 0 Å². The summed E-state index contributed by atoms with van der Waals surface area (Å²) in [6, 6.07) is 53.4. The van der Waals surface area contributed by atoms with E-state index in [1.807, 2.05) is 54.6 Å². The van der Waals surface area contributed by atoms with Crippen LogP contribution < -0.4 is 19.5 Å². The van der Waals surface area contributed by atoms with Gasteiger partial charge in [0.15, 0.2) is 11.6 Å². The van der Waals surface area contributed by atoms with Gasteiger partial charge in [-0.05, 0) is 172 Å². The topological polar surface area (TPSA) is 121 Å². The number of halogens is 4. The van der Waals surface area contributed by atoms with Crippen molar-refractivity contribution in [3.63, 3.8) is 0 Å². The zero-order valence-electron chi connectivity index (χ0n) is 50.3. The van der Waals surface area contributed by atoms with Crippen LogP contribution in [0.5, 0.6) is 23.0 Å². The Labute approximate surface area is 546 Å². The van der Waals surface area contributed by atoms with Crippen LogP contribution in [0.2, 0.25) is 20.1 Å². The standard InChI is InChI=1S/C20H20ClNO2.C20H22ClNO.C13H16ClNO.C12H15NO.C8H7ClO2.CH4/c21-16-6-7-19-17(12-16)18(23)13-20(24-19)8-10-22(11-9-20)14-15-4-2-1-3-5-15;21-18-6-7-19-17(14-18)8-9-20(23-19)10-12-22(13-11-20)15-16-4-2-1-3-5-16;14-11-1-2-12-10(9-11)3-4-13(16-12)5-7-15-8-6-13;14-12-6-8-13(9-7-12)10-11-4-2-1-3-5-11;1-5(10)7-4-6(9)2-3-8(7)11;/h1-7,12H,8-11,13-14H2;1-7,14H,8-13,15H2;1-2,9,15H,3-8H2;1-5H,6-10H2;2-4,11H,1H3;1H4. The van der Waals surface area contributed by atoms with Gasteiger partial charge in [-0.3, -0.25) is 29.1 Å². The van der Waals surface area contributed by atoms with Crippen molar-refractivity contribution in [1.82, 2.24) is 20.0 Å². The van der Waals surface area contributed by atoms with Gasteiger partial charge in [-0.1, -0.05) is 145 Å². The van der Waals surface area contributed by atoms with Crippen LogP contribution in [0.1, 0.15) is 134 Å². The van der Waals surface area contributed by atoms with Crippen molar-refractivity contribution >= 4 is 63.8 Å². The van der Waals surface area contributed by atoms with E-state index in [0.717, 1.165) is 171 Å². The second-order valence-electron chi connectivity index (χ2n) is 24.4. The number of carbonyl (C=O) groups is 3. The molecule has 7 aliphatic heterocycles. The number of benzene rings is 7. The molecule has 470 valence electrons. The second-order valence-corrected chi connectivity index (χ2v) is 26.1. The minimum atomic E-state index is -0.342. The highest BCUT2D eigenvalue weighted by atomic mass is 35.5. The minimum absolute atomic E-state index is 0. The molecule has 0 amide bonds. The van der Waals surface area contributed by atoms with Crippen molar-refractivity contribution < 1.29 is 33.7 Å². The monoisotopic (exact) mass is 1280 g/mol. The first-order chi connectivity index (χ1) is 42.6. The van der Waals surface area contributed by atoms with E-state index in [9.17, 15) is 14.4 Å². The smallest absolute Gasteiger partial charge is 0.170 e. The lowest BCUT2D eigenvalue weighted by atomic mass is 9.82. The average Bonchev–Trinajstić information content (AvgIpc) is 0.958. The molecule has 7 aromatic rings. The number of phenols is 1. The molecule has 2 N–H and O–H groups in total. The minimum Gasteiger partial charge on any atom is -0.507 e. The first kappa shape index (κ1) is 67.2. The third-order valence-corrected chi connectivity index (χ3v) is 18.9. The zero-order chi connectivity index (χ0) is 61.5. The number of nitrogens with one attached hydrogen (secondary N) is 1. The van der Waals surface area contributed by atoms with Gasteiger partial charge in [0.1, 0.15) is 45.6 Å². The van der Waals surface area contributed by atoms with Gasteiger partial charge in [0.2, 0.25) is 0 Å². The predicted octanol–water partition coefficient (Wildman–Crippen LogP) is 16.6. The Morgan fingerprint density at radius 2 is 0.865 bits per heavy atom. The number of Topliss-reactive ketones (excluding diaryl/α,β-unsaturated/α-hetero) is 3. The maximum absolute atomic E-state index is 12.5. The average molecular weight is 1280 g/mol. The first-order valence-corrected chi connectivity index (χ1v) is 32.6. The highest BCUT2D eigenvalue weighted by Gasteiger charge is 2.44. The summed E-state index contributed by atoms with van der Waals surface area (Å²) in [5, 5.41) is 15.2. The molecule has 7 aliphatic rings. The van der Waals surface area contributed by atoms with Crippen LogP contribution >= 0.6 is 46.4 Å². The number of hydrogen-bond donors (Lipinski definition) is 2. The molecular weight excluding hydrogens is 1200 g/mol. The molecule has 0 radical (unpaired) electrons. The van der Waals surface area contributed by atoms with Crippen LogP contribution in [0.4, 0.5) is 0 Å². The number of aromatic hydroxyl groups is 1. The predicted molar refractivity (Wildman–Crippen MR) is 360 cm³/mol. The molecule has 0 aliphatic carbocycles. The van der Waals surface area contributed by atoms with E-state index >= 15 is 0 Å². The number of phenolic OH excluding ortho intramolecular Hbond substituents is 1. The number of carbonyl (C=O) groups excluding carboxylic acids is 3. The molecule has 7 aromatic carbocycles. The number of aryl methyl sites for hydroxylation is 2. The van der Waals surface area contributed by atoms with E-state index in [1.54, 1.807) is 12.1 Å². The molecule has 14 rings (SSSR count). The van der Waals surface area contributed by atoms with E-state index in [0.29, 0.717) is 33.6 Å². The van der Waals surface area contributed by atoms with E-state index in [2.05, 4.69) is 98.9 Å². The van der Waals surface area contributed by atoms with Gasteiger partial charge in [0.25, 0.3) is 0 Å². The Bertz CT molecular complexity index is 3450. The Kier molecular flexibility index (Phi) is 23.9. The third-order valence-electron chi connectivity index (χ3n) is 18.0. The van der Waals surface area contributed by atoms with Crippen molar-refractivity contribution in [3.05, 3.63) is 223 Å². The van der Waals surface area contributed by atoms with Crippen molar-refractivity contribution in [3.8, 4) is 23.0 Å². The maximum atomic E-state index is 12.5. The van der Waals surface area contributed by atoms with Crippen molar-refractivity contribution in [2.75, 3.05) is 52.4 Å². The lowest BCUT2D eigenvalue weighted by molar-refractivity contribution is -0.121. The molecule has 0 atom stereocenters. The van der Waals surface area contributed by atoms with Gasteiger partial charge in [0.05, 0.1) is 17.5 Å². The quantitative estimate of drug-likeness (QED) is 0.148. The lowest BCUT2D eigenvalue weighted by Crippen LogP contribution is -2.50. The molecule has 4 saturated heterocycles. The molecule has 0 bridgehead atoms. The molecule has 0 saturated carbocycles. The fourth-order valence-corrected chi connectivity index (χ4v) is 13.6. The SMILES string of the molecule is C.CC(=O)c1cc(Cl)ccc1O.Clc1ccc2c(c1)CCC1(CCN(Cc3ccccc3)CC1)O2.Clc1ccc2c(c1)CCC1(CCNCC1)O2.O=C1CC2(CCN(Cc3ccccc3)CC2)Oc2ccc(Cl)cc21.O=C1CCN(Cc2ccccc2)CC1. The second kappa shape index (κ2) is 31.7. The molecule has 3 spiro atoms. The van der Waals surface area contributed by atoms with Crippen LogP contribution in [0.3, 0.4) is 0 Å².